The topological polar surface area (TPSA) is 21.3 Å². The maximum absolute atomic E-state index is 5.55. The highest BCUT2D eigenvalue weighted by Crippen LogP contribution is 2.37. The van der Waals surface area contributed by atoms with Crippen molar-refractivity contribution in [2.45, 2.75) is 51.5 Å². The molecule has 2 heteroatoms. The monoisotopic (exact) mass is 261 g/mol. The van der Waals surface area contributed by atoms with Crippen molar-refractivity contribution < 1.29 is 4.74 Å². The van der Waals surface area contributed by atoms with Crippen molar-refractivity contribution in [3.8, 4) is 5.75 Å². The van der Waals surface area contributed by atoms with Gasteiger partial charge >= 0.3 is 0 Å². The van der Waals surface area contributed by atoms with E-state index in [0.29, 0.717) is 6.04 Å². The Hall–Kier alpha value is -1.02. The van der Waals surface area contributed by atoms with Crippen LogP contribution in [0.5, 0.6) is 5.75 Å². The Morgan fingerprint density at radius 3 is 2.47 bits per heavy atom. The average molecular weight is 261 g/mol. The Morgan fingerprint density at radius 2 is 1.84 bits per heavy atom. The highest BCUT2D eigenvalue weighted by molar-refractivity contribution is 5.36. The van der Waals surface area contributed by atoms with Gasteiger partial charge in [0, 0.05) is 11.6 Å². The molecule has 106 valence electrons. The van der Waals surface area contributed by atoms with Gasteiger partial charge in [0.15, 0.2) is 0 Å². The van der Waals surface area contributed by atoms with Crippen LogP contribution in [0.1, 0.15) is 57.1 Å². The van der Waals surface area contributed by atoms with Gasteiger partial charge in [-0.15, -0.1) is 0 Å². The zero-order valence-electron chi connectivity index (χ0n) is 12.3. The minimum absolute atomic E-state index is 0.444. The first kappa shape index (κ1) is 14.4. The van der Waals surface area contributed by atoms with Gasteiger partial charge in [-0.1, -0.05) is 50.8 Å². The molecule has 0 spiro atoms. The maximum Gasteiger partial charge on any atom is 0.123 e. The van der Waals surface area contributed by atoms with Gasteiger partial charge in [-0.3, -0.25) is 0 Å². The van der Waals surface area contributed by atoms with Gasteiger partial charge < -0.3 is 10.1 Å². The molecule has 1 fully saturated rings. The third-order valence-corrected chi connectivity index (χ3v) is 4.27. The van der Waals surface area contributed by atoms with Gasteiger partial charge in [0.2, 0.25) is 0 Å². The van der Waals surface area contributed by atoms with E-state index < -0.39 is 0 Å². The van der Waals surface area contributed by atoms with Crippen LogP contribution in [0, 0.1) is 5.92 Å². The van der Waals surface area contributed by atoms with Crippen molar-refractivity contribution in [3.05, 3.63) is 29.8 Å². The van der Waals surface area contributed by atoms with E-state index in [-0.39, 0.29) is 0 Å². The summed E-state index contributed by atoms with van der Waals surface area (Å²) in [5, 5.41) is 3.69. The molecule has 1 unspecified atom stereocenters. The largest absolute Gasteiger partial charge is 0.496 e. The number of hydrogen-bond donors (Lipinski definition) is 1. The predicted molar refractivity (Wildman–Crippen MR) is 80.6 cm³/mol. The standard InChI is InChI=1S/C17H27NO/c1-3-18-17(14-10-6-4-5-7-11-14)15-12-8-9-13-16(15)19-2/h8-9,12-14,17-18H,3-7,10-11H2,1-2H3. The Kier molecular flexibility index (Phi) is 5.71. The van der Waals surface area contributed by atoms with E-state index in [2.05, 4.69) is 36.5 Å². The summed E-state index contributed by atoms with van der Waals surface area (Å²) in [5.41, 5.74) is 1.33. The molecule has 1 atom stereocenters. The summed E-state index contributed by atoms with van der Waals surface area (Å²) < 4.78 is 5.55. The minimum Gasteiger partial charge on any atom is -0.496 e. The fraction of sp³-hybridized carbons (Fsp3) is 0.647. The molecule has 2 rings (SSSR count). The lowest BCUT2D eigenvalue weighted by atomic mass is 9.86. The number of nitrogens with one attached hydrogen (secondary N) is 1. The van der Waals surface area contributed by atoms with E-state index in [0.717, 1.165) is 18.2 Å². The minimum atomic E-state index is 0.444. The van der Waals surface area contributed by atoms with Crippen LogP contribution in [0.25, 0.3) is 0 Å². The fourth-order valence-corrected chi connectivity index (χ4v) is 3.32. The highest BCUT2D eigenvalue weighted by atomic mass is 16.5. The molecular weight excluding hydrogens is 234 g/mol. The van der Waals surface area contributed by atoms with Crippen molar-refractivity contribution in [2.75, 3.05) is 13.7 Å². The van der Waals surface area contributed by atoms with Gasteiger partial charge in [0.1, 0.15) is 5.75 Å². The molecule has 0 aromatic heterocycles. The average Bonchev–Trinajstić information content (AvgIpc) is 2.74. The van der Waals surface area contributed by atoms with Gasteiger partial charge in [0.25, 0.3) is 0 Å². The van der Waals surface area contributed by atoms with Crippen LogP contribution in [-0.2, 0) is 0 Å². The Morgan fingerprint density at radius 1 is 1.16 bits per heavy atom. The zero-order valence-corrected chi connectivity index (χ0v) is 12.3. The van der Waals surface area contributed by atoms with Gasteiger partial charge in [-0.05, 0) is 31.4 Å². The summed E-state index contributed by atoms with van der Waals surface area (Å²) in [6.07, 6.45) is 8.25. The number of ether oxygens (including phenoxy) is 1. The van der Waals surface area contributed by atoms with Crippen LogP contribution < -0.4 is 10.1 Å². The number of methoxy groups -OCH3 is 1. The van der Waals surface area contributed by atoms with Crippen LogP contribution in [0.3, 0.4) is 0 Å². The molecule has 2 nitrogen and oxygen atoms in total. The maximum atomic E-state index is 5.55. The van der Waals surface area contributed by atoms with E-state index in [4.69, 9.17) is 4.74 Å². The zero-order chi connectivity index (χ0) is 13.5. The number of benzene rings is 1. The molecule has 0 bridgehead atoms. The van der Waals surface area contributed by atoms with Crippen LogP contribution in [0.15, 0.2) is 24.3 Å². The van der Waals surface area contributed by atoms with E-state index in [1.807, 2.05) is 0 Å². The molecular formula is C17H27NO. The fourth-order valence-electron chi connectivity index (χ4n) is 3.32. The molecule has 1 aromatic rings. The van der Waals surface area contributed by atoms with E-state index >= 15 is 0 Å². The lowest BCUT2D eigenvalue weighted by Crippen LogP contribution is -2.28. The number of hydrogen-bond acceptors (Lipinski definition) is 2. The highest BCUT2D eigenvalue weighted by Gasteiger charge is 2.25. The van der Waals surface area contributed by atoms with E-state index in [1.54, 1.807) is 7.11 Å². The van der Waals surface area contributed by atoms with Crippen molar-refractivity contribution in [3.63, 3.8) is 0 Å². The van der Waals surface area contributed by atoms with Crippen molar-refractivity contribution in [1.82, 2.24) is 5.32 Å². The third-order valence-electron chi connectivity index (χ3n) is 4.27. The van der Waals surface area contributed by atoms with Crippen LogP contribution in [0.2, 0.25) is 0 Å². The molecule has 1 aliphatic rings. The summed E-state index contributed by atoms with van der Waals surface area (Å²) >= 11 is 0. The number of rotatable bonds is 5. The first-order valence-electron chi connectivity index (χ1n) is 7.73. The van der Waals surface area contributed by atoms with Gasteiger partial charge in [0.05, 0.1) is 7.11 Å². The second-order valence-electron chi connectivity index (χ2n) is 5.53. The number of para-hydroxylation sites is 1. The molecule has 1 aliphatic carbocycles. The Labute approximate surface area is 117 Å². The summed E-state index contributed by atoms with van der Waals surface area (Å²) in [5.74, 6) is 1.77. The lowest BCUT2D eigenvalue weighted by molar-refractivity contribution is 0.317. The first-order chi connectivity index (χ1) is 9.36. The summed E-state index contributed by atoms with van der Waals surface area (Å²) in [6.45, 7) is 3.21. The third kappa shape index (κ3) is 3.73. The van der Waals surface area contributed by atoms with Gasteiger partial charge in [-0.2, -0.15) is 0 Å². The second kappa shape index (κ2) is 7.54. The quantitative estimate of drug-likeness (QED) is 0.797. The Balaban J connectivity index is 2.22. The molecule has 0 aliphatic heterocycles. The predicted octanol–water partition coefficient (Wildman–Crippen LogP) is 4.32. The lowest BCUT2D eigenvalue weighted by Gasteiger charge is -2.28. The Bertz CT molecular complexity index is 369. The molecule has 1 aromatic carbocycles. The summed E-state index contributed by atoms with van der Waals surface area (Å²) in [4.78, 5) is 0. The van der Waals surface area contributed by atoms with Gasteiger partial charge in [-0.25, -0.2) is 0 Å². The van der Waals surface area contributed by atoms with Crippen molar-refractivity contribution in [1.29, 1.82) is 0 Å². The van der Waals surface area contributed by atoms with Crippen LogP contribution in [-0.4, -0.2) is 13.7 Å². The summed E-state index contributed by atoms with van der Waals surface area (Å²) in [6, 6.07) is 8.92. The van der Waals surface area contributed by atoms with E-state index in [1.165, 1.54) is 44.1 Å². The summed E-state index contributed by atoms with van der Waals surface area (Å²) in [7, 11) is 1.77. The molecule has 0 radical (unpaired) electrons. The van der Waals surface area contributed by atoms with Crippen LogP contribution >= 0.6 is 0 Å². The smallest absolute Gasteiger partial charge is 0.123 e. The van der Waals surface area contributed by atoms with Crippen LogP contribution in [0.4, 0.5) is 0 Å². The van der Waals surface area contributed by atoms with E-state index in [9.17, 15) is 0 Å². The molecule has 0 heterocycles. The normalized spacial score (nSPS) is 18.8. The molecule has 19 heavy (non-hydrogen) atoms. The first-order valence-corrected chi connectivity index (χ1v) is 7.73. The second-order valence-corrected chi connectivity index (χ2v) is 5.53. The van der Waals surface area contributed by atoms with Crippen molar-refractivity contribution >= 4 is 0 Å². The molecule has 0 amide bonds. The SMILES string of the molecule is CCNC(c1ccccc1OC)C1CCCCCC1. The molecule has 0 saturated heterocycles. The molecule has 1 saturated carbocycles. The van der Waals surface area contributed by atoms with Crippen molar-refractivity contribution in [2.24, 2.45) is 5.92 Å². The molecule has 1 N–H and O–H groups in total.